The van der Waals surface area contributed by atoms with Crippen LogP contribution in [0.3, 0.4) is 0 Å². The van der Waals surface area contributed by atoms with Gasteiger partial charge < -0.3 is 24.8 Å². The van der Waals surface area contributed by atoms with Crippen LogP contribution in [0.2, 0.25) is 0 Å². The molecule has 0 nitrogen and oxygen atoms in total. The number of halogens is 2. The largest absolute Gasteiger partial charge is 2.00 e. The van der Waals surface area contributed by atoms with Crippen molar-refractivity contribution >= 4 is 0 Å². The Balaban J connectivity index is 0.00000161. The fourth-order valence-electron chi connectivity index (χ4n) is 9.20. The van der Waals surface area contributed by atoms with Crippen molar-refractivity contribution in [2.75, 3.05) is 0 Å². The molecular weight excluding hydrogens is 631 g/mol. The minimum absolute atomic E-state index is 0. The summed E-state index contributed by atoms with van der Waals surface area (Å²) in [7, 11) is 0. The number of allylic oxidation sites excluding steroid dienone is 4. The molecule has 4 aliphatic rings. The average Bonchev–Trinajstić information content (AvgIpc) is 3.49. The summed E-state index contributed by atoms with van der Waals surface area (Å²) in [4.78, 5) is 0. The van der Waals surface area contributed by atoms with Crippen molar-refractivity contribution in [2.24, 2.45) is 10.8 Å². The van der Waals surface area contributed by atoms with Crippen LogP contribution in [0.1, 0.15) is 146 Å². The first kappa shape index (κ1) is 35.9. The average molecular weight is 683 g/mol. The molecule has 2 aromatic rings. The van der Waals surface area contributed by atoms with E-state index in [1.807, 2.05) is 0 Å². The third kappa shape index (κ3) is 5.64. The summed E-state index contributed by atoms with van der Waals surface area (Å²) in [5, 5.41) is 0. The van der Waals surface area contributed by atoms with E-state index >= 15 is 0 Å². The first-order valence-corrected chi connectivity index (χ1v) is 15.9. The van der Waals surface area contributed by atoms with Gasteiger partial charge in [-0.2, -0.15) is 0 Å². The zero-order valence-corrected chi connectivity index (χ0v) is 31.8. The predicted octanol–water partition coefficient (Wildman–Crippen LogP) is 5.41. The molecule has 0 N–H and O–H groups in total. The zero-order chi connectivity index (χ0) is 28.1. The van der Waals surface area contributed by atoms with Gasteiger partial charge in [0.2, 0.25) is 0 Å². The fraction of sp³-hybridized carbons (Fsp3) is 0.590. The Morgan fingerprint density at radius 3 is 1.62 bits per heavy atom. The summed E-state index contributed by atoms with van der Waals surface area (Å²) >= 11 is 0. The van der Waals surface area contributed by atoms with Gasteiger partial charge in [-0.3, -0.25) is 0 Å². The third-order valence-corrected chi connectivity index (χ3v) is 11.4. The molecule has 42 heavy (non-hydrogen) atoms. The van der Waals surface area contributed by atoms with Crippen LogP contribution in [-0.2, 0) is 37.0 Å². The number of hydrogen-bond donors (Lipinski definition) is 0. The van der Waals surface area contributed by atoms with Crippen molar-refractivity contribution in [3.8, 4) is 11.1 Å². The second-order valence-corrected chi connectivity index (χ2v) is 16.3. The van der Waals surface area contributed by atoms with Crippen LogP contribution in [0.4, 0.5) is 0 Å². The van der Waals surface area contributed by atoms with Gasteiger partial charge in [-0.1, -0.05) is 116 Å². The second-order valence-electron chi connectivity index (χ2n) is 16.3. The quantitative estimate of drug-likeness (QED) is 0.398. The SMILES string of the molecule is Cc1cc2c(cc1C(C)(C)C)-c1cc(C(C)(C)C)c(C)cc1C2C1(C)CCC2=C1C=C(C1(C)CCCCC1)C2.[Cl-].[Cl-].[Zr+2]. The molecule has 0 bridgehead atoms. The number of hydrogen-bond acceptors (Lipinski definition) is 0. The molecule has 2 aromatic carbocycles. The summed E-state index contributed by atoms with van der Waals surface area (Å²) in [6.45, 7) is 24.1. The third-order valence-electron chi connectivity index (χ3n) is 11.4. The van der Waals surface area contributed by atoms with Gasteiger partial charge >= 0.3 is 26.2 Å². The maximum absolute atomic E-state index is 2.73. The molecular formula is C39H52Cl2Zr. The molecule has 0 saturated heterocycles. The molecule has 0 spiro atoms. The van der Waals surface area contributed by atoms with E-state index < -0.39 is 0 Å². The number of benzene rings is 2. The van der Waals surface area contributed by atoms with Crippen molar-refractivity contribution in [2.45, 2.75) is 137 Å². The van der Waals surface area contributed by atoms with Crippen LogP contribution in [0, 0.1) is 24.7 Å². The maximum Gasteiger partial charge on any atom is 2.00 e. The minimum atomic E-state index is 0. The van der Waals surface area contributed by atoms with E-state index in [9.17, 15) is 0 Å². The van der Waals surface area contributed by atoms with E-state index in [0.29, 0.717) is 11.3 Å². The molecule has 1 unspecified atom stereocenters. The molecule has 3 heteroatoms. The Kier molecular flexibility index (Phi) is 10.2. The van der Waals surface area contributed by atoms with Gasteiger partial charge in [0.15, 0.2) is 0 Å². The molecule has 1 atom stereocenters. The first-order valence-electron chi connectivity index (χ1n) is 15.9. The van der Waals surface area contributed by atoms with E-state index in [4.69, 9.17) is 0 Å². The number of aryl methyl sites for hydroxylation is 2. The molecule has 0 aliphatic heterocycles. The van der Waals surface area contributed by atoms with Gasteiger partial charge in [0.1, 0.15) is 0 Å². The van der Waals surface area contributed by atoms with E-state index in [2.05, 4.69) is 99.6 Å². The first-order chi connectivity index (χ1) is 18.1. The van der Waals surface area contributed by atoms with Crippen LogP contribution in [0.15, 0.2) is 47.1 Å². The minimum Gasteiger partial charge on any atom is -1.00 e. The zero-order valence-electron chi connectivity index (χ0n) is 27.9. The normalized spacial score (nSPS) is 22.9. The van der Waals surface area contributed by atoms with Crippen LogP contribution >= 0.6 is 0 Å². The molecule has 0 amide bonds. The summed E-state index contributed by atoms with van der Waals surface area (Å²) in [6, 6.07) is 10.4. The molecule has 4 aliphatic carbocycles. The summed E-state index contributed by atoms with van der Waals surface area (Å²) in [6.07, 6.45) is 13.5. The molecule has 226 valence electrons. The Hall–Kier alpha value is -0.617. The van der Waals surface area contributed by atoms with Crippen molar-refractivity contribution in [3.63, 3.8) is 0 Å². The molecule has 1 fully saturated rings. The Bertz CT molecular complexity index is 1350. The van der Waals surface area contributed by atoms with Crippen molar-refractivity contribution in [3.05, 3.63) is 80.4 Å². The van der Waals surface area contributed by atoms with Gasteiger partial charge in [-0.25, -0.2) is 0 Å². The van der Waals surface area contributed by atoms with Crippen LogP contribution in [-0.4, -0.2) is 0 Å². The smallest absolute Gasteiger partial charge is 1.00 e. The molecule has 0 radical (unpaired) electrons. The topological polar surface area (TPSA) is 0 Å². The molecule has 0 aromatic heterocycles. The number of fused-ring (bicyclic) bond motifs is 3. The van der Waals surface area contributed by atoms with Gasteiger partial charge in [0.05, 0.1) is 0 Å². The Labute approximate surface area is 288 Å². The fourth-order valence-corrected chi connectivity index (χ4v) is 9.20. The van der Waals surface area contributed by atoms with Gasteiger partial charge in [0.25, 0.3) is 0 Å². The van der Waals surface area contributed by atoms with E-state index in [0.717, 1.165) is 0 Å². The summed E-state index contributed by atoms with van der Waals surface area (Å²) < 4.78 is 0. The van der Waals surface area contributed by atoms with Gasteiger partial charge in [-0.15, -0.1) is 0 Å². The summed E-state index contributed by atoms with van der Waals surface area (Å²) in [5.41, 5.74) is 18.2. The molecule has 0 heterocycles. The van der Waals surface area contributed by atoms with E-state index in [-0.39, 0.29) is 67.3 Å². The Morgan fingerprint density at radius 1 is 0.690 bits per heavy atom. The maximum atomic E-state index is 2.73. The van der Waals surface area contributed by atoms with Crippen LogP contribution < -0.4 is 24.8 Å². The van der Waals surface area contributed by atoms with Crippen molar-refractivity contribution < 1.29 is 51.0 Å². The summed E-state index contributed by atoms with van der Waals surface area (Å²) in [5.74, 6) is 0.435. The number of rotatable bonds is 2. The molecule has 1 saturated carbocycles. The van der Waals surface area contributed by atoms with Crippen molar-refractivity contribution in [1.82, 2.24) is 0 Å². The Morgan fingerprint density at radius 2 is 1.17 bits per heavy atom. The second kappa shape index (κ2) is 12.0. The van der Waals surface area contributed by atoms with Gasteiger partial charge in [0, 0.05) is 11.3 Å². The van der Waals surface area contributed by atoms with E-state index in [1.165, 1.54) is 84.7 Å². The monoisotopic (exact) mass is 680 g/mol. The van der Waals surface area contributed by atoms with E-state index in [1.54, 1.807) is 27.8 Å². The van der Waals surface area contributed by atoms with Crippen molar-refractivity contribution in [1.29, 1.82) is 0 Å². The van der Waals surface area contributed by atoms with Crippen LogP contribution in [0.5, 0.6) is 0 Å². The molecule has 6 rings (SSSR count). The van der Waals surface area contributed by atoms with Crippen LogP contribution in [0.25, 0.3) is 11.1 Å². The predicted molar refractivity (Wildman–Crippen MR) is 169 cm³/mol. The standard InChI is InChI=1S/C39H52.2ClH.Zr/c1-24-18-30-28(22-32(24)36(3,4)5)29-23-33(37(6,7)8)25(2)19-31(29)35(30)39(10)17-14-26-20-27(21-34(26)39)38(9)15-12-11-13-16-38;;;/h18-19,21-23,35H,11-17,20H2,1-10H3;2*1H;/q;;;+2/p-2. The van der Waals surface area contributed by atoms with Gasteiger partial charge in [-0.05, 0) is 112 Å².